The lowest BCUT2D eigenvalue weighted by molar-refractivity contribution is 0.0993. The molecule has 0 aromatic heterocycles. The Morgan fingerprint density at radius 3 is 2.21 bits per heavy atom. The van der Waals surface area contributed by atoms with Crippen molar-refractivity contribution >= 4 is 0 Å². The Morgan fingerprint density at radius 1 is 0.947 bits per heavy atom. The van der Waals surface area contributed by atoms with Gasteiger partial charge in [0.05, 0.1) is 6.10 Å². The van der Waals surface area contributed by atoms with E-state index in [2.05, 4.69) is 19.1 Å². The summed E-state index contributed by atoms with van der Waals surface area (Å²) in [5, 5.41) is 9.62. The first-order valence-electron chi connectivity index (χ1n) is 6.76. The Kier molecular flexibility index (Phi) is 4.99. The van der Waals surface area contributed by atoms with E-state index in [1.165, 1.54) is 11.1 Å². The van der Waals surface area contributed by atoms with E-state index in [9.17, 15) is 5.11 Å². The van der Waals surface area contributed by atoms with Gasteiger partial charge in [-0.1, -0.05) is 55.8 Å². The Balaban J connectivity index is 1.95. The molecule has 1 atom stereocenters. The summed E-state index contributed by atoms with van der Waals surface area (Å²) in [6.07, 6.45) is 1.37. The molecule has 2 aromatic carbocycles. The van der Waals surface area contributed by atoms with Crippen LogP contribution in [-0.2, 0) is 0 Å². The third-order valence-electron chi connectivity index (χ3n) is 3.03. The molecule has 0 aliphatic carbocycles. The summed E-state index contributed by atoms with van der Waals surface area (Å²) in [6.45, 7) is 2.41. The van der Waals surface area contributed by atoms with E-state index in [-0.39, 0.29) is 6.10 Å². The SMILES string of the molecule is CCCC(O)COc1ccc(-c2ccccc2)cc1. The molecule has 1 unspecified atom stereocenters. The van der Waals surface area contributed by atoms with Gasteiger partial charge >= 0.3 is 0 Å². The van der Waals surface area contributed by atoms with Crippen LogP contribution in [0.1, 0.15) is 19.8 Å². The molecular formula is C17H20O2. The molecule has 0 aliphatic heterocycles. The molecular weight excluding hydrogens is 236 g/mol. The van der Waals surface area contributed by atoms with Crippen molar-refractivity contribution in [2.45, 2.75) is 25.9 Å². The summed E-state index contributed by atoms with van der Waals surface area (Å²) < 4.78 is 5.56. The molecule has 1 N–H and O–H groups in total. The molecule has 0 radical (unpaired) electrons. The van der Waals surface area contributed by atoms with Crippen molar-refractivity contribution in [3.8, 4) is 16.9 Å². The summed E-state index contributed by atoms with van der Waals surface area (Å²) in [6, 6.07) is 18.2. The van der Waals surface area contributed by atoms with Gasteiger partial charge in [0, 0.05) is 0 Å². The number of hydrogen-bond donors (Lipinski definition) is 1. The van der Waals surface area contributed by atoms with E-state index in [4.69, 9.17) is 4.74 Å². The topological polar surface area (TPSA) is 29.5 Å². The van der Waals surface area contributed by atoms with Crippen LogP contribution < -0.4 is 4.74 Å². The minimum atomic E-state index is -0.376. The van der Waals surface area contributed by atoms with Crippen LogP contribution in [-0.4, -0.2) is 17.8 Å². The number of benzene rings is 2. The van der Waals surface area contributed by atoms with E-state index in [0.717, 1.165) is 18.6 Å². The van der Waals surface area contributed by atoms with Gasteiger partial charge in [0.25, 0.3) is 0 Å². The fourth-order valence-electron chi connectivity index (χ4n) is 1.98. The van der Waals surface area contributed by atoms with Gasteiger partial charge in [-0.25, -0.2) is 0 Å². The summed E-state index contributed by atoms with van der Waals surface area (Å²) in [7, 11) is 0. The number of rotatable bonds is 6. The van der Waals surface area contributed by atoms with Crippen molar-refractivity contribution in [2.75, 3.05) is 6.61 Å². The van der Waals surface area contributed by atoms with E-state index >= 15 is 0 Å². The molecule has 0 saturated heterocycles. The standard InChI is InChI=1S/C17H20O2/c1-2-6-16(18)13-19-17-11-9-15(10-12-17)14-7-4-3-5-8-14/h3-5,7-12,16,18H,2,6,13H2,1H3. The number of aliphatic hydroxyl groups is 1. The Hall–Kier alpha value is -1.80. The Morgan fingerprint density at radius 2 is 1.58 bits per heavy atom. The summed E-state index contributed by atoms with van der Waals surface area (Å²) in [5.41, 5.74) is 2.36. The minimum absolute atomic E-state index is 0.360. The van der Waals surface area contributed by atoms with Gasteiger partial charge in [-0.15, -0.1) is 0 Å². The molecule has 0 bridgehead atoms. The van der Waals surface area contributed by atoms with Gasteiger partial charge in [0.2, 0.25) is 0 Å². The second-order valence-electron chi connectivity index (χ2n) is 4.64. The first-order valence-corrected chi connectivity index (χ1v) is 6.76. The molecule has 0 aliphatic rings. The van der Waals surface area contributed by atoms with Crippen LogP contribution in [0.3, 0.4) is 0 Å². The fraction of sp³-hybridized carbons (Fsp3) is 0.294. The van der Waals surface area contributed by atoms with Crippen molar-refractivity contribution in [1.29, 1.82) is 0 Å². The third-order valence-corrected chi connectivity index (χ3v) is 3.03. The zero-order valence-corrected chi connectivity index (χ0v) is 11.3. The van der Waals surface area contributed by atoms with Gasteiger partial charge in [-0.3, -0.25) is 0 Å². The highest BCUT2D eigenvalue weighted by molar-refractivity contribution is 5.63. The smallest absolute Gasteiger partial charge is 0.119 e. The van der Waals surface area contributed by atoms with Crippen molar-refractivity contribution < 1.29 is 9.84 Å². The highest BCUT2D eigenvalue weighted by Crippen LogP contribution is 2.22. The third kappa shape index (κ3) is 4.11. The van der Waals surface area contributed by atoms with E-state index in [1.54, 1.807) is 0 Å². The van der Waals surface area contributed by atoms with Crippen LogP contribution in [0.4, 0.5) is 0 Å². The van der Waals surface area contributed by atoms with Crippen molar-refractivity contribution in [3.63, 3.8) is 0 Å². The van der Waals surface area contributed by atoms with Gasteiger partial charge in [0.1, 0.15) is 12.4 Å². The van der Waals surface area contributed by atoms with Crippen LogP contribution in [0.5, 0.6) is 5.75 Å². The predicted octanol–water partition coefficient (Wildman–Crippen LogP) is 3.89. The lowest BCUT2D eigenvalue weighted by atomic mass is 10.1. The first kappa shape index (κ1) is 13.6. The molecule has 0 spiro atoms. The first-order chi connectivity index (χ1) is 9.29. The van der Waals surface area contributed by atoms with Gasteiger partial charge in [0.15, 0.2) is 0 Å². The zero-order chi connectivity index (χ0) is 13.5. The lowest BCUT2D eigenvalue weighted by Crippen LogP contribution is -2.16. The maximum absolute atomic E-state index is 9.62. The van der Waals surface area contributed by atoms with E-state index in [1.807, 2.05) is 42.5 Å². The summed E-state index contributed by atoms with van der Waals surface area (Å²) in [5.74, 6) is 0.801. The minimum Gasteiger partial charge on any atom is -0.491 e. The Labute approximate surface area is 114 Å². The predicted molar refractivity (Wildman–Crippen MR) is 78.3 cm³/mol. The molecule has 0 fully saturated rings. The molecule has 2 rings (SSSR count). The van der Waals surface area contributed by atoms with Crippen LogP contribution in [0.25, 0.3) is 11.1 Å². The van der Waals surface area contributed by atoms with Crippen molar-refractivity contribution in [2.24, 2.45) is 0 Å². The normalized spacial score (nSPS) is 12.1. The number of ether oxygens (including phenoxy) is 1. The maximum Gasteiger partial charge on any atom is 0.119 e. The Bertz CT molecular complexity index is 476. The molecule has 19 heavy (non-hydrogen) atoms. The molecule has 100 valence electrons. The molecule has 2 aromatic rings. The average Bonchev–Trinajstić information content (AvgIpc) is 2.47. The number of hydrogen-bond acceptors (Lipinski definition) is 2. The summed E-state index contributed by atoms with van der Waals surface area (Å²) >= 11 is 0. The molecule has 2 heteroatoms. The van der Waals surface area contributed by atoms with Gasteiger partial charge in [-0.05, 0) is 29.7 Å². The molecule has 2 nitrogen and oxygen atoms in total. The maximum atomic E-state index is 9.62. The van der Waals surface area contributed by atoms with Crippen LogP contribution in [0.15, 0.2) is 54.6 Å². The zero-order valence-electron chi connectivity index (χ0n) is 11.3. The second-order valence-corrected chi connectivity index (χ2v) is 4.64. The van der Waals surface area contributed by atoms with Crippen LogP contribution in [0, 0.1) is 0 Å². The highest BCUT2D eigenvalue weighted by Gasteiger charge is 2.04. The van der Waals surface area contributed by atoms with Crippen molar-refractivity contribution in [1.82, 2.24) is 0 Å². The highest BCUT2D eigenvalue weighted by atomic mass is 16.5. The second kappa shape index (κ2) is 6.95. The fourth-order valence-corrected chi connectivity index (χ4v) is 1.98. The average molecular weight is 256 g/mol. The monoisotopic (exact) mass is 256 g/mol. The van der Waals surface area contributed by atoms with E-state index < -0.39 is 0 Å². The lowest BCUT2D eigenvalue weighted by Gasteiger charge is -2.11. The summed E-state index contributed by atoms with van der Waals surface area (Å²) in [4.78, 5) is 0. The van der Waals surface area contributed by atoms with Crippen LogP contribution in [0.2, 0.25) is 0 Å². The molecule has 0 heterocycles. The van der Waals surface area contributed by atoms with Gasteiger partial charge < -0.3 is 9.84 Å². The quantitative estimate of drug-likeness (QED) is 0.849. The van der Waals surface area contributed by atoms with Crippen molar-refractivity contribution in [3.05, 3.63) is 54.6 Å². The number of aliphatic hydroxyl groups excluding tert-OH is 1. The van der Waals surface area contributed by atoms with Gasteiger partial charge in [-0.2, -0.15) is 0 Å². The van der Waals surface area contributed by atoms with Crippen LogP contribution >= 0.6 is 0 Å². The molecule has 0 amide bonds. The molecule has 0 saturated carbocycles. The van der Waals surface area contributed by atoms with E-state index in [0.29, 0.717) is 6.61 Å². The largest absolute Gasteiger partial charge is 0.491 e.